The van der Waals surface area contributed by atoms with Crippen LogP contribution < -0.4 is 0 Å². The molecule has 0 radical (unpaired) electrons. The summed E-state index contributed by atoms with van der Waals surface area (Å²) in [5, 5.41) is 8.74. The molecule has 1 aromatic carbocycles. The largest absolute Gasteiger partial charge is 0.396 e. The molecule has 0 aliphatic carbocycles. The van der Waals surface area contributed by atoms with Crippen molar-refractivity contribution in [1.82, 2.24) is 4.31 Å². The number of rotatable bonds is 6. The molecule has 18 heavy (non-hydrogen) atoms. The average Bonchev–Trinajstić information content (AvgIpc) is 2.29. The van der Waals surface area contributed by atoms with Gasteiger partial charge in [0.2, 0.25) is 10.0 Å². The zero-order chi connectivity index (χ0) is 13.8. The number of nitrogens with zero attached hydrogens (tertiary/aromatic N) is 1. The highest BCUT2D eigenvalue weighted by molar-refractivity contribution is 9.10. The standard InChI is InChI=1S/C11H15BrFNO3S/c1-2-14(6-3-7-15)18(16,17)11-5-4-9(12)8-10(11)13/h4-5,8,15H,2-3,6-7H2,1H3. The van der Waals surface area contributed by atoms with E-state index in [4.69, 9.17) is 5.11 Å². The van der Waals surface area contributed by atoms with Crippen LogP contribution in [0.5, 0.6) is 0 Å². The topological polar surface area (TPSA) is 57.6 Å². The van der Waals surface area contributed by atoms with Gasteiger partial charge in [-0.2, -0.15) is 4.31 Å². The Bertz CT molecular complexity index is 507. The minimum Gasteiger partial charge on any atom is -0.396 e. The molecule has 0 saturated carbocycles. The van der Waals surface area contributed by atoms with Crippen molar-refractivity contribution in [2.45, 2.75) is 18.2 Å². The predicted molar refractivity (Wildman–Crippen MR) is 70.2 cm³/mol. The van der Waals surface area contributed by atoms with Crippen LogP contribution in [0.4, 0.5) is 4.39 Å². The van der Waals surface area contributed by atoms with E-state index in [1.807, 2.05) is 0 Å². The zero-order valence-electron chi connectivity index (χ0n) is 9.94. The maximum absolute atomic E-state index is 13.7. The van der Waals surface area contributed by atoms with E-state index in [1.54, 1.807) is 6.92 Å². The van der Waals surface area contributed by atoms with Crippen LogP contribution >= 0.6 is 15.9 Å². The third kappa shape index (κ3) is 3.50. The molecule has 0 heterocycles. The fourth-order valence-electron chi connectivity index (χ4n) is 1.52. The maximum atomic E-state index is 13.7. The Morgan fingerprint density at radius 1 is 1.44 bits per heavy atom. The lowest BCUT2D eigenvalue weighted by molar-refractivity contribution is 0.271. The molecule has 0 amide bonds. The maximum Gasteiger partial charge on any atom is 0.245 e. The Hall–Kier alpha value is -0.500. The van der Waals surface area contributed by atoms with Gasteiger partial charge in [-0.25, -0.2) is 12.8 Å². The number of sulfonamides is 1. The number of hydrogen-bond donors (Lipinski definition) is 1. The van der Waals surface area contributed by atoms with Gasteiger partial charge in [-0.1, -0.05) is 22.9 Å². The van der Waals surface area contributed by atoms with Crippen LogP contribution in [0.15, 0.2) is 27.6 Å². The van der Waals surface area contributed by atoms with Crippen molar-refractivity contribution in [1.29, 1.82) is 0 Å². The Balaban J connectivity index is 3.10. The SMILES string of the molecule is CCN(CCCO)S(=O)(=O)c1ccc(Br)cc1F. The molecule has 0 bridgehead atoms. The number of halogens is 2. The highest BCUT2D eigenvalue weighted by Gasteiger charge is 2.25. The van der Waals surface area contributed by atoms with Gasteiger partial charge in [0.1, 0.15) is 10.7 Å². The summed E-state index contributed by atoms with van der Waals surface area (Å²) in [4.78, 5) is -0.342. The van der Waals surface area contributed by atoms with Crippen molar-refractivity contribution >= 4 is 26.0 Å². The number of hydrogen-bond acceptors (Lipinski definition) is 3. The molecule has 0 aromatic heterocycles. The van der Waals surface area contributed by atoms with E-state index in [-0.39, 0.29) is 24.6 Å². The second kappa shape index (κ2) is 6.60. The molecule has 102 valence electrons. The van der Waals surface area contributed by atoms with Crippen LogP contribution in [0.25, 0.3) is 0 Å². The smallest absolute Gasteiger partial charge is 0.245 e. The van der Waals surface area contributed by atoms with Crippen LogP contribution in [-0.2, 0) is 10.0 Å². The molecular formula is C11H15BrFNO3S. The van der Waals surface area contributed by atoms with E-state index >= 15 is 0 Å². The van der Waals surface area contributed by atoms with E-state index in [0.29, 0.717) is 10.9 Å². The highest BCUT2D eigenvalue weighted by atomic mass is 79.9. The van der Waals surface area contributed by atoms with Gasteiger partial charge in [0.05, 0.1) is 0 Å². The highest BCUT2D eigenvalue weighted by Crippen LogP contribution is 2.22. The summed E-state index contributed by atoms with van der Waals surface area (Å²) >= 11 is 3.08. The summed E-state index contributed by atoms with van der Waals surface area (Å²) in [6.07, 6.45) is 0.325. The molecule has 0 atom stereocenters. The van der Waals surface area contributed by atoms with Crippen LogP contribution in [-0.4, -0.2) is 37.5 Å². The first-order valence-electron chi connectivity index (χ1n) is 5.49. The van der Waals surface area contributed by atoms with E-state index in [0.717, 1.165) is 10.4 Å². The van der Waals surface area contributed by atoms with Crippen molar-refractivity contribution in [3.63, 3.8) is 0 Å². The molecule has 4 nitrogen and oxygen atoms in total. The van der Waals surface area contributed by atoms with E-state index in [1.165, 1.54) is 12.1 Å². The molecule has 1 N–H and O–H groups in total. The zero-order valence-corrected chi connectivity index (χ0v) is 12.3. The molecule has 0 aliphatic heterocycles. The summed E-state index contributed by atoms with van der Waals surface area (Å²) in [5.41, 5.74) is 0. The quantitative estimate of drug-likeness (QED) is 0.862. The van der Waals surface area contributed by atoms with Crippen molar-refractivity contribution in [3.8, 4) is 0 Å². The lowest BCUT2D eigenvalue weighted by atomic mass is 10.3. The second-order valence-electron chi connectivity index (χ2n) is 3.65. The molecule has 0 saturated heterocycles. The first-order chi connectivity index (χ1) is 8.43. The fraction of sp³-hybridized carbons (Fsp3) is 0.455. The Kier molecular flexibility index (Phi) is 5.71. The van der Waals surface area contributed by atoms with Crippen LogP contribution in [0, 0.1) is 5.82 Å². The minimum atomic E-state index is -3.84. The van der Waals surface area contributed by atoms with Gasteiger partial charge in [-0.05, 0) is 24.6 Å². The van der Waals surface area contributed by atoms with Crippen LogP contribution in [0.3, 0.4) is 0 Å². The Morgan fingerprint density at radius 2 is 2.11 bits per heavy atom. The molecule has 0 unspecified atom stereocenters. The molecule has 0 spiro atoms. The van der Waals surface area contributed by atoms with E-state index in [2.05, 4.69) is 15.9 Å². The van der Waals surface area contributed by atoms with E-state index < -0.39 is 15.8 Å². The first-order valence-corrected chi connectivity index (χ1v) is 7.72. The van der Waals surface area contributed by atoms with E-state index in [9.17, 15) is 12.8 Å². The third-order valence-electron chi connectivity index (χ3n) is 2.43. The van der Waals surface area contributed by atoms with Gasteiger partial charge < -0.3 is 5.11 Å². The van der Waals surface area contributed by atoms with Crippen molar-refractivity contribution in [3.05, 3.63) is 28.5 Å². The monoisotopic (exact) mass is 339 g/mol. The van der Waals surface area contributed by atoms with Gasteiger partial charge in [-0.15, -0.1) is 0 Å². The normalized spacial score (nSPS) is 12.1. The van der Waals surface area contributed by atoms with Crippen molar-refractivity contribution < 1.29 is 17.9 Å². The number of benzene rings is 1. The Morgan fingerprint density at radius 3 is 2.61 bits per heavy atom. The third-order valence-corrected chi connectivity index (χ3v) is 4.93. The van der Waals surface area contributed by atoms with Gasteiger partial charge in [0, 0.05) is 24.2 Å². The van der Waals surface area contributed by atoms with Crippen LogP contribution in [0.2, 0.25) is 0 Å². The molecule has 0 fully saturated rings. The lowest BCUT2D eigenvalue weighted by Crippen LogP contribution is -2.32. The van der Waals surface area contributed by atoms with Crippen molar-refractivity contribution in [2.24, 2.45) is 0 Å². The Labute approximate surface area is 115 Å². The number of aliphatic hydroxyl groups is 1. The van der Waals surface area contributed by atoms with Crippen molar-refractivity contribution in [2.75, 3.05) is 19.7 Å². The minimum absolute atomic E-state index is 0.102. The predicted octanol–water partition coefficient (Wildman–Crippen LogP) is 1.98. The summed E-state index contributed by atoms with van der Waals surface area (Å²) in [5.74, 6) is -0.785. The summed E-state index contributed by atoms with van der Waals surface area (Å²) in [6, 6.07) is 3.83. The summed E-state index contributed by atoms with van der Waals surface area (Å²) < 4.78 is 39.7. The number of aliphatic hydroxyl groups excluding tert-OH is 1. The summed E-state index contributed by atoms with van der Waals surface area (Å²) in [7, 11) is -3.84. The first kappa shape index (κ1) is 15.6. The van der Waals surface area contributed by atoms with Gasteiger partial charge in [0.25, 0.3) is 0 Å². The van der Waals surface area contributed by atoms with Gasteiger partial charge >= 0.3 is 0 Å². The molecule has 1 rings (SSSR count). The van der Waals surface area contributed by atoms with Crippen LogP contribution in [0.1, 0.15) is 13.3 Å². The summed E-state index contributed by atoms with van der Waals surface area (Å²) in [6.45, 7) is 1.98. The second-order valence-corrected chi connectivity index (χ2v) is 6.47. The molecular weight excluding hydrogens is 325 g/mol. The lowest BCUT2D eigenvalue weighted by Gasteiger charge is -2.20. The molecule has 7 heteroatoms. The average molecular weight is 340 g/mol. The molecule has 1 aromatic rings. The molecule has 0 aliphatic rings. The van der Waals surface area contributed by atoms with Gasteiger partial charge in [-0.3, -0.25) is 0 Å². The van der Waals surface area contributed by atoms with Gasteiger partial charge in [0.15, 0.2) is 0 Å². The fourth-order valence-corrected chi connectivity index (χ4v) is 3.38.